The van der Waals surface area contributed by atoms with Gasteiger partial charge in [-0.05, 0) is 47.5 Å². The molecule has 0 saturated carbocycles. The largest absolute Gasteiger partial charge is 0.493 e. The molecular weight excluding hydrogens is 420 g/mol. The number of methoxy groups -OCH3 is 4. The van der Waals surface area contributed by atoms with Crippen molar-refractivity contribution in [2.45, 2.75) is 0 Å². The first-order chi connectivity index (χ1) is 14.8. The lowest BCUT2D eigenvalue weighted by Crippen LogP contribution is -2.28. The van der Waals surface area contributed by atoms with Gasteiger partial charge in [-0.25, -0.2) is 8.42 Å². The molecule has 0 spiro atoms. The molecule has 0 aliphatic carbocycles. The number of carbonyl (C=O) groups excluding carboxylic acids is 1. The summed E-state index contributed by atoms with van der Waals surface area (Å²) in [6.07, 6.45) is 3.15. The molecule has 0 amide bonds. The summed E-state index contributed by atoms with van der Waals surface area (Å²) in [5, 5.41) is 0. The fourth-order valence-corrected chi connectivity index (χ4v) is 4.84. The molecular formula is C23H24O7S. The molecule has 0 aromatic heterocycles. The number of hydrogen-bond donors (Lipinski definition) is 0. The van der Waals surface area contributed by atoms with Gasteiger partial charge in [0.25, 0.3) is 0 Å². The van der Waals surface area contributed by atoms with Crippen molar-refractivity contribution in [2.24, 2.45) is 0 Å². The summed E-state index contributed by atoms with van der Waals surface area (Å²) in [4.78, 5) is 13.1. The van der Waals surface area contributed by atoms with Crippen LogP contribution in [0.2, 0.25) is 0 Å². The average molecular weight is 445 g/mol. The Labute approximate surface area is 181 Å². The third kappa shape index (κ3) is 5.08. The zero-order valence-electron chi connectivity index (χ0n) is 17.8. The smallest absolute Gasteiger partial charge is 0.187 e. The van der Waals surface area contributed by atoms with Gasteiger partial charge < -0.3 is 18.9 Å². The monoisotopic (exact) mass is 444 g/mol. The maximum Gasteiger partial charge on any atom is 0.187 e. The Balaban J connectivity index is 2.01. The molecule has 0 bridgehead atoms. The Morgan fingerprint density at radius 1 is 0.677 bits per heavy atom. The van der Waals surface area contributed by atoms with Gasteiger partial charge in [0.1, 0.15) is 0 Å². The van der Waals surface area contributed by atoms with Crippen LogP contribution in [0.5, 0.6) is 23.0 Å². The number of ether oxygens (including phenoxy) is 4. The van der Waals surface area contributed by atoms with E-state index in [2.05, 4.69) is 0 Å². The molecule has 0 radical (unpaired) electrons. The summed E-state index contributed by atoms with van der Waals surface area (Å²) in [7, 11) is 2.59. The second kappa shape index (κ2) is 9.26. The molecule has 1 saturated heterocycles. The van der Waals surface area contributed by atoms with Crippen LogP contribution in [0, 0.1) is 0 Å². The first-order valence-corrected chi connectivity index (χ1v) is 11.2. The highest BCUT2D eigenvalue weighted by atomic mass is 32.2. The van der Waals surface area contributed by atoms with Gasteiger partial charge in [-0.2, -0.15) is 0 Å². The molecule has 0 unspecified atom stereocenters. The molecule has 1 heterocycles. The summed E-state index contributed by atoms with van der Waals surface area (Å²) >= 11 is 0. The van der Waals surface area contributed by atoms with Crippen LogP contribution in [0.3, 0.4) is 0 Å². The minimum Gasteiger partial charge on any atom is -0.493 e. The third-order valence-corrected chi connectivity index (χ3v) is 6.33. The van der Waals surface area contributed by atoms with Crippen molar-refractivity contribution in [3.05, 3.63) is 58.7 Å². The van der Waals surface area contributed by atoms with Gasteiger partial charge in [0.2, 0.25) is 0 Å². The van der Waals surface area contributed by atoms with Gasteiger partial charge in [-0.15, -0.1) is 0 Å². The van der Waals surface area contributed by atoms with Gasteiger partial charge in [0, 0.05) is 11.1 Å². The number of rotatable bonds is 6. The van der Waals surface area contributed by atoms with E-state index in [9.17, 15) is 13.2 Å². The first kappa shape index (κ1) is 22.4. The molecule has 2 aromatic rings. The molecule has 0 atom stereocenters. The first-order valence-electron chi connectivity index (χ1n) is 9.40. The van der Waals surface area contributed by atoms with E-state index < -0.39 is 9.84 Å². The Bertz CT molecular complexity index is 1080. The molecule has 164 valence electrons. The standard InChI is InChI=1S/C23H24O7S/c1-27-19-7-5-15(11-21(19)29-3)9-17-13-31(25,26)14-18(23(17)24)10-16-6-8-20(28-2)22(12-16)30-4/h5-12H,13-14H2,1-4H3/b17-9-,18-10+. The number of sulfone groups is 1. The number of hydrogen-bond acceptors (Lipinski definition) is 7. The van der Waals surface area contributed by atoms with E-state index in [-0.39, 0.29) is 28.4 Å². The molecule has 31 heavy (non-hydrogen) atoms. The summed E-state index contributed by atoms with van der Waals surface area (Å²) in [5.74, 6) is 1.13. The zero-order chi connectivity index (χ0) is 22.6. The molecule has 1 aliphatic rings. The van der Waals surface area contributed by atoms with Crippen molar-refractivity contribution in [2.75, 3.05) is 39.9 Å². The predicted octanol–water partition coefficient (Wildman–Crippen LogP) is 3.19. The van der Waals surface area contributed by atoms with Crippen LogP contribution in [0.1, 0.15) is 11.1 Å². The Kier molecular flexibility index (Phi) is 6.70. The maximum absolute atomic E-state index is 13.1. The third-order valence-electron chi connectivity index (χ3n) is 4.83. The van der Waals surface area contributed by atoms with Gasteiger partial charge in [0.05, 0.1) is 39.9 Å². The molecule has 1 aliphatic heterocycles. The van der Waals surface area contributed by atoms with Crippen LogP contribution < -0.4 is 18.9 Å². The van der Waals surface area contributed by atoms with Crippen molar-refractivity contribution >= 4 is 27.8 Å². The summed E-state index contributed by atoms with van der Waals surface area (Å²) in [5.41, 5.74) is 1.68. The topological polar surface area (TPSA) is 88.1 Å². The van der Waals surface area contributed by atoms with Crippen LogP contribution in [0.25, 0.3) is 12.2 Å². The van der Waals surface area contributed by atoms with E-state index >= 15 is 0 Å². The average Bonchev–Trinajstić information content (AvgIpc) is 2.76. The van der Waals surface area contributed by atoms with Crippen molar-refractivity contribution in [1.82, 2.24) is 0 Å². The SMILES string of the molecule is COc1ccc(/C=C2\CS(=O)(=O)C/C(=C/c3ccc(OC)c(OC)c3)C2=O)cc1OC. The second-order valence-corrected chi connectivity index (χ2v) is 8.99. The van der Waals surface area contributed by atoms with E-state index in [0.717, 1.165) is 0 Å². The highest BCUT2D eigenvalue weighted by molar-refractivity contribution is 7.92. The molecule has 2 aromatic carbocycles. The van der Waals surface area contributed by atoms with Crippen LogP contribution in [0.4, 0.5) is 0 Å². The van der Waals surface area contributed by atoms with E-state index in [1.54, 1.807) is 48.6 Å². The fraction of sp³-hybridized carbons (Fsp3) is 0.261. The van der Waals surface area contributed by atoms with Crippen LogP contribution in [-0.4, -0.2) is 54.1 Å². The zero-order valence-corrected chi connectivity index (χ0v) is 18.6. The van der Waals surface area contributed by atoms with Crippen LogP contribution >= 0.6 is 0 Å². The molecule has 8 heteroatoms. The summed E-state index contributed by atoms with van der Waals surface area (Å²) in [6.45, 7) is 0. The van der Waals surface area contributed by atoms with Crippen LogP contribution in [0.15, 0.2) is 47.5 Å². The predicted molar refractivity (Wildman–Crippen MR) is 119 cm³/mol. The van der Waals surface area contributed by atoms with Gasteiger partial charge in [0.15, 0.2) is 38.6 Å². The lowest BCUT2D eigenvalue weighted by molar-refractivity contribution is -0.112. The number of ketones is 1. The minimum absolute atomic E-state index is 0.199. The molecule has 3 rings (SSSR count). The van der Waals surface area contributed by atoms with Crippen molar-refractivity contribution in [3.8, 4) is 23.0 Å². The van der Waals surface area contributed by atoms with E-state index in [1.165, 1.54) is 28.4 Å². The van der Waals surface area contributed by atoms with Crippen LogP contribution in [-0.2, 0) is 14.6 Å². The lowest BCUT2D eigenvalue weighted by atomic mass is 10.00. The Morgan fingerprint density at radius 3 is 1.42 bits per heavy atom. The minimum atomic E-state index is -3.48. The molecule has 7 nitrogen and oxygen atoms in total. The molecule has 1 fully saturated rings. The Hall–Kier alpha value is -3.26. The van der Waals surface area contributed by atoms with E-state index in [0.29, 0.717) is 34.1 Å². The van der Waals surface area contributed by atoms with Crippen molar-refractivity contribution < 1.29 is 32.2 Å². The van der Waals surface area contributed by atoms with Crippen molar-refractivity contribution in [1.29, 1.82) is 0 Å². The molecule has 0 N–H and O–H groups in total. The lowest BCUT2D eigenvalue weighted by Gasteiger charge is -2.18. The second-order valence-electron chi connectivity index (χ2n) is 6.93. The highest BCUT2D eigenvalue weighted by Crippen LogP contribution is 2.31. The van der Waals surface area contributed by atoms with Gasteiger partial charge in [-0.3, -0.25) is 4.79 Å². The maximum atomic E-state index is 13.1. The number of Topliss-reactive ketones (excluding diaryl/α,β-unsaturated/α-hetero) is 1. The summed E-state index contributed by atoms with van der Waals surface area (Å²) < 4.78 is 46.0. The number of carbonyl (C=O) groups is 1. The fourth-order valence-electron chi connectivity index (χ4n) is 3.36. The number of benzene rings is 2. The normalized spacial score (nSPS) is 18.1. The Morgan fingerprint density at radius 2 is 1.06 bits per heavy atom. The van der Waals surface area contributed by atoms with E-state index in [4.69, 9.17) is 18.9 Å². The van der Waals surface area contributed by atoms with Crippen molar-refractivity contribution in [3.63, 3.8) is 0 Å². The quantitative estimate of drug-likeness (QED) is 0.632. The van der Waals surface area contributed by atoms with Gasteiger partial charge >= 0.3 is 0 Å². The summed E-state index contributed by atoms with van der Waals surface area (Å²) in [6, 6.07) is 10.3. The van der Waals surface area contributed by atoms with E-state index in [1.807, 2.05) is 0 Å². The van der Waals surface area contributed by atoms with Gasteiger partial charge in [-0.1, -0.05) is 12.1 Å². The highest BCUT2D eigenvalue weighted by Gasteiger charge is 2.30.